The highest BCUT2D eigenvalue weighted by atomic mass is 32.2. The standard InChI is InChI=1S/C17H23N5O3S2/c1-4-10-21-13-18-20-17(21)26-12-16(23)19-14-8-7-9-15(11-14)27(24,25)22(5-2)6-3/h4,7-9,11,13H,1,5-6,10,12H2,2-3H3,(H,19,23). The zero-order valence-corrected chi connectivity index (χ0v) is 17.0. The number of amides is 1. The number of rotatable bonds is 10. The van der Waals surface area contributed by atoms with Crippen molar-refractivity contribution in [3.8, 4) is 0 Å². The molecule has 2 rings (SSSR count). The number of sulfonamides is 1. The quantitative estimate of drug-likeness (QED) is 0.477. The van der Waals surface area contributed by atoms with E-state index in [9.17, 15) is 13.2 Å². The first-order valence-corrected chi connectivity index (χ1v) is 10.9. The lowest BCUT2D eigenvalue weighted by Crippen LogP contribution is -2.30. The van der Waals surface area contributed by atoms with Crippen LogP contribution in [0.4, 0.5) is 5.69 Å². The zero-order valence-electron chi connectivity index (χ0n) is 15.3. The Kier molecular flexibility index (Phi) is 7.57. The Bertz CT molecular complexity index is 891. The lowest BCUT2D eigenvalue weighted by Gasteiger charge is -2.18. The summed E-state index contributed by atoms with van der Waals surface area (Å²) in [6, 6.07) is 6.26. The lowest BCUT2D eigenvalue weighted by atomic mass is 10.3. The van der Waals surface area contributed by atoms with Gasteiger partial charge in [0.15, 0.2) is 5.16 Å². The summed E-state index contributed by atoms with van der Waals surface area (Å²) in [5, 5.41) is 11.1. The van der Waals surface area contributed by atoms with Gasteiger partial charge < -0.3 is 9.88 Å². The van der Waals surface area contributed by atoms with E-state index in [2.05, 4.69) is 22.1 Å². The maximum absolute atomic E-state index is 12.6. The Morgan fingerprint density at radius 2 is 2.11 bits per heavy atom. The van der Waals surface area contributed by atoms with Crippen molar-refractivity contribution in [2.75, 3.05) is 24.2 Å². The summed E-state index contributed by atoms with van der Waals surface area (Å²) in [4.78, 5) is 12.4. The van der Waals surface area contributed by atoms with Crippen molar-refractivity contribution in [2.45, 2.75) is 30.4 Å². The van der Waals surface area contributed by atoms with Gasteiger partial charge in [0, 0.05) is 25.3 Å². The van der Waals surface area contributed by atoms with E-state index < -0.39 is 10.0 Å². The topological polar surface area (TPSA) is 97.2 Å². The molecule has 0 radical (unpaired) electrons. The number of anilines is 1. The van der Waals surface area contributed by atoms with E-state index >= 15 is 0 Å². The second kappa shape index (κ2) is 9.67. The van der Waals surface area contributed by atoms with E-state index in [1.165, 1.54) is 28.2 Å². The van der Waals surface area contributed by atoms with Crippen LogP contribution in [-0.4, -0.2) is 52.2 Å². The van der Waals surface area contributed by atoms with Crippen LogP contribution in [0.3, 0.4) is 0 Å². The minimum atomic E-state index is -3.57. The van der Waals surface area contributed by atoms with Gasteiger partial charge in [0.1, 0.15) is 6.33 Å². The highest BCUT2D eigenvalue weighted by Gasteiger charge is 2.21. The Hall–Kier alpha value is -2.17. The maximum atomic E-state index is 12.6. The number of nitrogens with one attached hydrogen (secondary N) is 1. The summed E-state index contributed by atoms with van der Waals surface area (Å²) >= 11 is 1.25. The predicted molar refractivity (Wildman–Crippen MR) is 106 cm³/mol. The van der Waals surface area contributed by atoms with E-state index in [1.54, 1.807) is 43.0 Å². The molecule has 1 heterocycles. The van der Waals surface area contributed by atoms with Crippen molar-refractivity contribution >= 4 is 33.4 Å². The van der Waals surface area contributed by atoms with Crippen LogP contribution in [-0.2, 0) is 21.4 Å². The fraction of sp³-hybridized carbons (Fsp3) is 0.353. The van der Waals surface area contributed by atoms with Crippen LogP contribution in [0.15, 0.2) is 53.3 Å². The van der Waals surface area contributed by atoms with E-state index in [1.807, 2.05) is 0 Å². The SMILES string of the molecule is C=CCn1cnnc1SCC(=O)Nc1cccc(S(=O)(=O)N(CC)CC)c1. The first kappa shape index (κ1) is 21.1. The summed E-state index contributed by atoms with van der Waals surface area (Å²) in [6.45, 7) is 8.57. The summed E-state index contributed by atoms with van der Waals surface area (Å²) in [5.74, 6) is -0.131. The molecule has 0 aliphatic carbocycles. The smallest absolute Gasteiger partial charge is 0.243 e. The molecule has 27 heavy (non-hydrogen) atoms. The molecule has 0 bridgehead atoms. The second-order valence-electron chi connectivity index (χ2n) is 5.51. The number of benzene rings is 1. The zero-order chi connectivity index (χ0) is 19.9. The normalized spacial score (nSPS) is 11.5. The minimum absolute atomic E-state index is 0.128. The van der Waals surface area contributed by atoms with E-state index in [-0.39, 0.29) is 16.6 Å². The highest BCUT2D eigenvalue weighted by molar-refractivity contribution is 7.99. The number of hydrogen-bond donors (Lipinski definition) is 1. The van der Waals surface area contributed by atoms with Gasteiger partial charge in [0.05, 0.1) is 10.6 Å². The van der Waals surface area contributed by atoms with Crippen LogP contribution in [0, 0.1) is 0 Å². The van der Waals surface area contributed by atoms with Crippen LogP contribution in [0.5, 0.6) is 0 Å². The van der Waals surface area contributed by atoms with Gasteiger partial charge in [-0.3, -0.25) is 4.79 Å². The summed E-state index contributed by atoms with van der Waals surface area (Å²) in [6.07, 6.45) is 3.29. The third-order valence-electron chi connectivity index (χ3n) is 3.70. The van der Waals surface area contributed by atoms with Crippen LogP contribution in [0.25, 0.3) is 0 Å². The molecule has 0 saturated heterocycles. The summed E-state index contributed by atoms with van der Waals surface area (Å²) < 4.78 is 28.3. The van der Waals surface area contributed by atoms with Gasteiger partial charge in [-0.05, 0) is 18.2 Å². The summed E-state index contributed by atoms with van der Waals surface area (Å²) in [5.41, 5.74) is 0.432. The van der Waals surface area contributed by atoms with E-state index in [4.69, 9.17) is 0 Å². The molecular weight excluding hydrogens is 386 g/mol. The molecule has 8 nitrogen and oxygen atoms in total. The van der Waals surface area contributed by atoms with Gasteiger partial charge in [0.2, 0.25) is 15.9 Å². The summed E-state index contributed by atoms with van der Waals surface area (Å²) in [7, 11) is -3.57. The van der Waals surface area contributed by atoms with Gasteiger partial charge in [-0.1, -0.05) is 37.8 Å². The first-order chi connectivity index (χ1) is 12.9. The first-order valence-electron chi connectivity index (χ1n) is 8.43. The fourth-order valence-electron chi connectivity index (χ4n) is 2.39. The molecule has 2 aromatic rings. The number of thioether (sulfide) groups is 1. The fourth-order valence-corrected chi connectivity index (χ4v) is 4.62. The van der Waals surface area contributed by atoms with Crippen LogP contribution < -0.4 is 5.32 Å². The van der Waals surface area contributed by atoms with Crippen molar-refractivity contribution in [3.63, 3.8) is 0 Å². The molecule has 10 heteroatoms. The average molecular weight is 410 g/mol. The third-order valence-corrected chi connectivity index (χ3v) is 6.73. The van der Waals surface area contributed by atoms with Crippen molar-refractivity contribution < 1.29 is 13.2 Å². The molecule has 0 atom stereocenters. The molecule has 1 N–H and O–H groups in total. The highest BCUT2D eigenvalue weighted by Crippen LogP contribution is 2.20. The molecule has 1 amide bonds. The average Bonchev–Trinajstić information content (AvgIpc) is 3.08. The molecule has 1 aromatic carbocycles. The van der Waals surface area contributed by atoms with E-state index in [0.717, 1.165) is 0 Å². The Morgan fingerprint density at radius 3 is 2.78 bits per heavy atom. The second-order valence-corrected chi connectivity index (χ2v) is 8.39. The van der Waals surface area contributed by atoms with Gasteiger partial charge >= 0.3 is 0 Å². The molecule has 0 aliphatic rings. The van der Waals surface area contributed by atoms with E-state index in [0.29, 0.717) is 30.5 Å². The lowest BCUT2D eigenvalue weighted by molar-refractivity contribution is -0.113. The molecule has 1 aromatic heterocycles. The van der Waals surface area contributed by atoms with Crippen LogP contribution >= 0.6 is 11.8 Å². The molecule has 0 spiro atoms. The Labute approximate surface area is 163 Å². The van der Waals surface area contributed by atoms with Gasteiger partial charge in [-0.2, -0.15) is 4.31 Å². The maximum Gasteiger partial charge on any atom is 0.243 e. The molecule has 0 saturated carbocycles. The number of carbonyl (C=O) groups is 1. The molecule has 0 fully saturated rings. The Balaban J connectivity index is 2.04. The number of carbonyl (C=O) groups excluding carboxylic acids is 1. The van der Waals surface area contributed by atoms with Gasteiger partial charge in [-0.15, -0.1) is 16.8 Å². The molecule has 146 valence electrons. The number of aromatic nitrogens is 3. The van der Waals surface area contributed by atoms with Crippen molar-refractivity contribution in [1.82, 2.24) is 19.1 Å². The van der Waals surface area contributed by atoms with Gasteiger partial charge in [-0.25, -0.2) is 8.42 Å². The van der Waals surface area contributed by atoms with Gasteiger partial charge in [0.25, 0.3) is 0 Å². The van der Waals surface area contributed by atoms with Crippen LogP contribution in [0.2, 0.25) is 0 Å². The van der Waals surface area contributed by atoms with Crippen molar-refractivity contribution in [2.24, 2.45) is 0 Å². The molecule has 0 unspecified atom stereocenters. The predicted octanol–water partition coefficient (Wildman–Crippen LogP) is 2.23. The molecule has 0 aliphatic heterocycles. The third kappa shape index (κ3) is 5.41. The molecular formula is C17H23N5O3S2. The Morgan fingerprint density at radius 1 is 1.37 bits per heavy atom. The monoisotopic (exact) mass is 409 g/mol. The van der Waals surface area contributed by atoms with Crippen molar-refractivity contribution in [3.05, 3.63) is 43.2 Å². The van der Waals surface area contributed by atoms with Crippen molar-refractivity contribution in [1.29, 1.82) is 0 Å². The number of allylic oxidation sites excluding steroid dienone is 1. The largest absolute Gasteiger partial charge is 0.325 e. The number of nitrogens with zero attached hydrogens (tertiary/aromatic N) is 4. The minimum Gasteiger partial charge on any atom is -0.325 e. The number of hydrogen-bond acceptors (Lipinski definition) is 6. The van der Waals surface area contributed by atoms with Crippen LogP contribution in [0.1, 0.15) is 13.8 Å².